The molecule has 0 saturated carbocycles. The molecule has 0 aromatic carbocycles. The highest BCUT2D eigenvalue weighted by Crippen LogP contribution is 2.23. The highest BCUT2D eigenvalue weighted by atomic mass is 32.1. The van der Waals surface area contributed by atoms with Crippen LogP contribution in [0.3, 0.4) is 0 Å². The molecule has 0 fully saturated rings. The van der Waals surface area contributed by atoms with Gasteiger partial charge >= 0.3 is 5.97 Å². The molecule has 0 radical (unpaired) electrons. The van der Waals surface area contributed by atoms with E-state index in [1.54, 1.807) is 27.9 Å². The number of carbonyl (C=O) groups is 2. The van der Waals surface area contributed by atoms with Gasteiger partial charge in [0, 0.05) is 14.1 Å². The maximum atomic E-state index is 11.7. The topological polar surface area (TPSA) is 71.5 Å². The number of amides is 1. The van der Waals surface area contributed by atoms with Gasteiger partial charge in [0.25, 0.3) is 0 Å². The highest BCUT2D eigenvalue weighted by molar-refractivity contribution is 7.17. The van der Waals surface area contributed by atoms with Crippen molar-refractivity contribution >= 4 is 28.3 Å². The average molecular weight is 271 g/mol. The molecule has 18 heavy (non-hydrogen) atoms. The lowest BCUT2D eigenvalue weighted by atomic mass is 10.3. The van der Waals surface area contributed by atoms with Crippen LogP contribution < -0.4 is 5.32 Å². The normalized spacial score (nSPS) is 11.8. The first kappa shape index (κ1) is 14.4. The minimum Gasteiger partial charge on any atom is -0.465 e. The number of likely N-dealkylation sites (N-methyl/N-ethyl adjacent to an activating group) is 1. The number of rotatable bonds is 4. The van der Waals surface area contributed by atoms with Gasteiger partial charge in [-0.05, 0) is 13.8 Å². The van der Waals surface area contributed by atoms with E-state index in [4.69, 9.17) is 0 Å². The Labute approximate surface area is 110 Å². The summed E-state index contributed by atoms with van der Waals surface area (Å²) in [4.78, 5) is 29.2. The largest absolute Gasteiger partial charge is 0.465 e. The smallest absolute Gasteiger partial charge is 0.350 e. The number of aryl methyl sites for hydroxylation is 1. The van der Waals surface area contributed by atoms with E-state index in [9.17, 15) is 9.59 Å². The van der Waals surface area contributed by atoms with Gasteiger partial charge in [-0.3, -0.25) is 4.79 Å². The lowest BCUT2D eigenvalue weighted by molar-refractivity contribution is -0.129. The Hall–Kier alpha value is -1.63. The second-order valence-corrected chi connectivity index (χ2v) is 5.02. The number of carbonyl (C=O) groups excluding carboxylic acids is 2. The molecule has 6 nitrogen and oxygen atoms in total. The summed E-state index contributed by atoms with van der Waals surface area (Å²) >= 11 is 1.18. The first-order valence-electron chi connectivity index (χ1n) is 5.40. The molecule has 1 amide bonds. The molecule has 0 saturated heterocycles. The maximum Gasteiger partial charge on any atom is 0.350 e. The zero-order valence-corrected chi connectivity index (χ0v) is 11.9. The molecule has 0 bridgehead atoms. The minimum atomic E-state index is -0.412. The number of hydrogen-bond donors (Lipinski definition) is 1. The summed E-state index contributed by atoms with van der Waals surface area (Å²) in [5.41, 5.74) is 0.596. The van der Waals surface area contributed by atoms with E-state index in [-0.39, 0.29) is 5.91 Å². The second-order valence-electron chi connectivity index (χ2n) is 4.02. The Morgan fingerprint density at radius 1 is 1.44 bits per heavy atom. The van der Waals surface area contributed by atoms with E-state index in [1.165, 1.54) is 23.3 Å². The SMILES string of the molecule is COC(=O)c1sc(NC(C)C(=O)N(C)C)nc1C. The maximum absolute atomic E-state index is 11.7. The van der Waals surface area contributed by atoms with Gasteiger partial charge in [-0.1, -0.05) is 11.3 Å². The van der Waals surface area contributed by atoms with Gasteiger partial charge in [0.1, 0.15) is 10.9 Å². The van der Waals surface area contributed by atoms with Crippen molar-refractivity contribution in [2.75, 3.05) is 26.5 Å². The first-order chi connectivity index (χ1) is 8.36. The number of nitrogens with one attached hydrogen (secondary N) is 1. The van der Waals surface area contributed by atoms with Crippen molar-refractivity contribution in [3.63, 3.8) is 0 Å². The van der Waals surface area contributed by atoms with E-state index in [1.807, 2.05) is 0 Å². The molecule has 0 aliphatic carbocycles. The zero-order valence-electron chi connectivity index (χ0n) is 11.1. The molecule has 1 N–H and O–H groups in total. The fraction of sp³-hybridized carbons (Fsp3) is 0.545. The number of thiazole rings is 1. The molecule has 1 aromatic heterocycles. The molecule has 7 heteroatoms. The number of anilines is 1. The number of nitrogens with zero attached hydrogens (tertiary/aromatic N) is 2. The van der Waals surface area contributed by atoms with Gasteiger partial charge in [-0.15, -0.1) is 0 Å². The Morgan fingerprint density at radius 2 is 2.06 bits per heavy atom. The molecule has 1 heterocycles. The quantitative estimate of drug-likeness (QED) is 0.831. The number of methoxy groups -OCH3 is 1. The van der Waals surface area contributed by atoms with Gasteiger partial charge in [0.05, 0.1) is 12.8 Å². The van der Waals surface area contributed by atoms with Gasteiger partial charge in [0.2, 0.25) is 5.91 Å². The van der Waals surface area contributed by atoms with E-state index in [0.717, 1.165) is 0 Å². The lowest BCUT2D eigenvalue weighted by Crippen LogP contribution is -2.36. The van der Waals surface area contributed by atoms with Crippen molar-refractivity contribution in [2.24, 2.45) is 0 Å². The minimum absolute atomic E-state index is 0.0533. The van der Waals surface area contributed by atoms with Crippen molar-refractivity contribution in [1.82, 2.24) is 9.88 Å². The summed E-state index contributed by atoms with van der Waals surface area (Å²) in [6, 6.07) is -0.393. The summed E-state index contributed by atoms with van der Waals surface area (Å²) in [7, 11) is 4.70. The average Bonchev–Trinajstić information content (AvgIpc) is 2.67. The van der Waals surface area contributed by atoms with Crippen LogP contribution in [0, 0.1) is 6.92 Å². The van der Waals surface area contributed by atoms with E-state index in [0.29, 0.717) is 15.7 Å². The van der Waals surface area contributed by atoms with Crippen LogP contribution in [0.5, 0.6) is 0 Å². The molecular formula is C11H17N3O3S. The van der Waals surface area contributed by atoms with Crippen LogP contribution in [0.15, 0.2) is 0 Å². The van der Waals surface area contributed by atoms with Crippen LogP contribution in [0.4, 0.5) is 5.13 Å². The summed E-state index contributed by atoms with van der Waals surface area (Å²) in [6.07, 6.45) is 0. The third-order valence-electron chi connectivity index (χ3n) is 2.32. The van der Waals surface area contributed by atoms with Gasteiger partial charge in [0.15, 0.2) is 5.13 Å². The van der Waals surface area contributed by atoms with E-state index in [2.05, 4.69) is 15.0 Å². The third-order valence-corrected chi connectivity index (χ3v) is 3.39. The number of hydrogen-bond acceptors (Lipinski definition) is 6. The number of ether oxygens (including phenoxy) is 1. The van der Waals surface area contributed by atoms with Crippen LogP contribution in [-0.2, 0) is 9.53 Å². The summed E-state index contributed by atoms with van der Waals surface area (Å²) in [6.45, 7) is 3.48. The fourth-order valence-corrected chi connectivity index (χ4v) is 2.35. The molecule has 1 atom stereocenters. The Balaban J connectivity index is 2.81. The number of esters is 1. The molecule has 0 aliphatic rings. The second kappa shape index (κ2) is 5.81. The van der Waals surface area contributed by atoms with Gasteiger partial charge < -0.3 is 15.0 Å². The Morgan fingerprint density at radius 3 is 2.56 bits per heavy atom. The first-order valence-corrected chi connectivity index (χ1v) is 6.22. The van der Waals surface area contributed by atoms with Crippen molar-refractivity contribution in [2.45, 2.75) is 19.9 Å². The van der Waals surface area contributed by atoms with Crippen LogP contribution in [0.25, 0.3) is 0 Å². The Bertz CT molecular complexity index is 456. The summed E-state index contributed by atoms with van der Waals surface area (Å²) in [5, 5.41) is 3.51. The van der Waals surface area contributed by atoms with Crippen LogP contribution >= 0.6 is 11.3 Å². The molecular weight excluding hydrogens is 254 g/mol. The van der Waals surface area contributed by atoms with Crippen molar-refractivity contribution in [1.29, 1.82) is 0 Å². The summed E-state index contributed by atoms with van der Waals surface area (Å²) in [5.74, 6) is -0.466. The van der Waals surface area contributed by atoms with Crippen LogP contribution in [-0.4, -0.2) is 49.0 Å². The molecule has 0 aliphatic heterocycles. The standard InChI is InChI=1S/C11H17N3O3S/c1-6-8(10(16)17-5)18-11(12-6)13-7(2)9(15)14(3)4/h7H,1-5H3,(H,12,13). The number of aromatic nitrogens is 1. The van der Waals surface area contributed by atoms with Crippen molar-refractivity contribution in [3.05, 3.63) is 10.6 Å². The van der Waals surface area contributed by atoms with Crippen LogP contribution in [0.2, 0.25) is 0 Å². The monoisotopic (exact) mass is 271 g/mol. The van der Waals surface area contributed by atoms with Crippen molar-refractivity contribution in [3.8, 4) is 0 Å². The van der Waals surface area contributed by atoms with E-state index < -0.39 is 12.0 Å². The van der Waals surface area contributed by atoms with Gasteiger partial charge in [-0.25, -0.2) is 9.78 Å². The third kappa shape index (κ3) is 3.19. The Kier molecular flexibility index (Phi) is 4.66. The molecule has 1 aromatic rings. The molecule has 0 spiro atoms. The molecule has 100 valence electrons. The molecule has 1 unspecified atom stereocenters. The summed E-state index contributed by atoms with van der Waals surface area (Å²) < 4.78 is 4.65. The lowest BCUT2D eigenvalue weighted by Gasteiger charge is -2.17. The van der Waals surface area contributed by atoms with Gasteiger partial charge in [-0.2, -0.15) is 0 Å². The highest BCUT2D eigenvalue weighted by Gasteiger charge is 2.19. The van der Waals surface area contributed by atoms with E-state index >= 15 is 0 Å². The van der Waals surface area contributed by atoms with Crippen molar-refractivity contribution < 1.29 is 14.3 Å². The predicted molar refractivity (Wildman–Crippen MR) is 70.0 cm³/mol. The molecule has 1 rings (SSSR count). The zero-order chi connectivity index (χ0) is 13.9. The van der Waals surface area contributed by atoms with Crippen LogP contribution in [0.1, 0.15) is 22.3 Å². The predicted octanol–water partition coefficient (Wildman–Crippen LogP) is 1.13. The fourth-order valence-electron chi connectivity index (χ4n) is 1.37.